The second-order valence-corrected chi connectivity index (χ2v) is 10.5. The molecule has 1 amide bonds. The molecular formula is C26H37N7O3. The van der Waals surface area contributed by atoms with Gasteiger partial charge in [0.2, 0.25) is 0 Å². The van der Waals surface area contributed by atoms with Gasteiger partial charge in [-0.2, -0.15) is 5.10 Å². The summed E-state index contributed by atoms with van der Waals surface area (Å²) < 4.78 is 15.1. The summed E-state index contributed by atoms with van der Waals surface area (Å²) in [7, 11) is 0. The third-order valence-corrected chi connectivity index (χ3v) is 6.75. The molecule has 0 unspecified atom stereocenters. The number of aromatic nitrogens is 4. The van der Waals surface area contributed by atoms with Crippen molar-refractivity contribution < 1.29 is 14.3 Å². The smallest absolute Gasteiger partial charge is 0.410 e. The topological polar surface area (TPSA) is 80.4 Å². The lowest BCUT2D eigenvalue weighted by Gasteiger charge is -2.36. The van der Waals surface area contributed by atoms with E-state index >= 15 is 0 Å². The summed E-state index contributed by atoms with van der Waals surface area (Å²) >= 11 is 0. The Kier molecular flexibility index (Phi) is 7.15. The molecule has 3 aromatic heterocycles. The zero-order valence-electron chi connectivity index (χ0n) is 21.6. The standard InChI is InChI=1S/C26H37N7O3/c1-26(2,3)36-25(34)31-11-9-30(10-12-31)24-18-28-33-19-21(5-6-22(24)33)23-17-27-20-32(23)8-4-7-29-13-15-35-16-14-29/h5-6,17-20H,4,7-16H2,1-3H3. The molecule has 5 rings (SSSR count). The van der Waals surface area contributed by atoms with Crippen molar-refractivity contribution in [3.05, 3.63) is 37.1 Å². The van der Waals surface area contributed by atoms with E-state index in [1.165, 1.54) is 0 Å². The van der Waals surface area contributed by atoms with E-state index in [1.54, 1.807) is 4.90 Å². The van der Waals surface area contributed by atoms with Crippen LogP contribution in [0.5, 0.6) is 0 Å². The number of amides is 1. The highest BCUT2D eigenvalue weighted by atomic mass is 16.6. The molecule has 0 aliphatic carbocycles. The van der Waals surface area contributed by atoms with E-state index in [2.05, 4.69) is 42.8 Å². The normalized spacial score (nSPS) is 17.6. The number of rotatable bonds is 6. The van der Waals surface area contributed by atoms with Gasteiger partial charge in [0.25, 0.3) is 0 Å². The number of carbonyl (C=O) groups is 1. The quantitative estimate of drug-likeness (QED) is 0.520. The molecule has 5 heterocycles. The van der Waals surface area contributed by atoms with E-state index in [1.807, 2.05) is 44.0 Å². The number of morpholine rings is 1. The van der Waals surface area contributed by atoms with Crippen LogP contribution in [0.2, 0.25) is 0 Å². The maximum absolute atomic E-state index is 12.4. The number of hydrogen-bond donors (Lipinski definition) is 0. The first kappa shape index (κ1) is 24.6. The maximum Gasteiger partial charge on any atom is 0.410 e. The average molecular weight is 496 g/mol. The van der Waals surface area contributed by atoms with Gasteiger partial charge in [-0.25, -0.2) is 14.3 Å². The number of aryl methyl sites for hydroxylation is 1. The first-order chi connectivity index (χ1) is 17.4. The average Bonchev–Trinajstić information content (AvgIpc) is 3.50. The van der Waals surface area contributed by atoms with Crippen molar-refractivity contribution in [1.29, 1.82) is 0 Å². The number of pyridine rings is 1. The van der Waals surface area contributed by atoms with Gasteiger partial charge in [-0.1, -0.05) is 0 Å². The second-order valence-electron chi connectivity index (χ2n) is 10.5. The number of piperazine rings is 1. The summed E-state index contributed by atoms with van der Waals surface area (Å²) in [6.45, 7) is 14.2. The van der Waals surface area contributed by atoms with Crippen molar-refractivity contribution in [2.24, 2.45) is 0 Å². The molecule has 3 aromatic rings. The SMILES string of the molecule is CC(C)(C)OC(=O)N1CCN(c2cnn3cc(-c4cncn4CCCN4CCOCC4)ccc23)CC1. The van der Waals surface area contributed by atoms with Crippen LogP contribution in [-0.2, 0) is 16.0 Å². The number of carbonyl (C=O) groups excluding carboxylic acids is 1. The van der Waals surface area contributed by atoms with Gasteiger partial charge in [-0.15, -0.1) is 0 Å². The van der Waals surface area contributed by atoms with Crippen molar-refractivity contribution in [2.45, 2.75) is 39.3 Å². The Bertz CT molecular complexity index is 1170. The van der Waals surface area contributed by atoms with Crippen molar-refractivity contribution >= 4 is 17.3 Å². The summed E-state index contributed by atoms with van der Waals surface area (Å²) in [6, 6.07) is 4.27. The van der Waals surface area contributed by atoms with Crippen LogP contribution >= 0.6 is 0 Å². The van der Waals surface area contributed by atoms with Gasteiger partial charge in [0.15, 0.2) is 0 Å². The third kappa shape index (κ3) is 5.65. The van der Waals surface area contributed by atoms with Gasteiger partial charge in [0, 0.05) is 64.1 Å². The lowest BCUT2D eigenvalue weighted by Crippen LogP contribution is -2.50. The minimum atomic E-state index is -0.480. The van der Waals surface area contributed by atoms with E-state index in [4.69, 9.17) is 9.47 Å². The van der Waals surface area contributed by atoms with E-state index in [9.17, 15) is 4.79 Å². The molecular weight excluding hydrogens is 458 g/mol. The fraction of sp³-hybridized carbons (Fsp3) is 0.577. The van der Waals surface area contributed by atoms with Crippen LogP contribution in [0.15, 0.2) is 37.1 Å². The largest absolute Gasteiger partial charge is 0.444 e. The van der Waals surface area contributed by atoms with E-state index < -0.39 is 5.60 Å². The predicted octanol–water partition coefficient (Wildman–Crippen LogP) is 2.98. The first-order valence-electron chi connectivity index (χ1n) is 12.9. The van der Waals surface area contributed by atoms with Crippen LogP contribution in [0, 0.1) is 0 Å². The summed E-state index contributed by atoms with van der Waals surface area (Å²) in [6.07, 6.45) is 8.67. The highest BCUT2D eigenvalue weighted by molar-refractivity contribution is 5.75. The number of hydrogen-bond acceptors (Lipinski definition) is 7. The number of imidazole rings is 1. The van der Waals surface area contributed by atoms with Gasteiger partial charge < -0.3 is 23.8 Å². The van der Waals surface area contributed by atoms with Crippen LogP contribution in [0.1, 0.15) is 27.2 Å². The molecule has 36 heavy (non-hydrogen) atoms. The molecule has 10 nitrogen and oxygen atoms in total. The lowest BCUT2D eigenvalue weighted by molar-refractivity contribution is 0.0240. The van der Waals surface area contributed by atoms with Gasteiger partial charge in [0.05, 0.1) is 48.8 Å². The molecule has 2 aliphatic rings. The van der Waals surface area contributed by atoms with Gasteiger partial charge in [-0.05, 0) is 39.3 Å². The Hall–Kier alpha value is -3.11. The summed E-state index contributed by atoms with van der Waals surface area (Å²) in [5, 5.41) is 4.64. The van der Waals surface area contributed by atoms with E-state index in [0.717, 1.165) is 81.4 Å². The molecule has 10 heteroatoms. The fourth-order valence-electron chi connectivity index (χ4n) is 4.85. The predicted molar refractivity (Wildman–Crippen MR) is 138 cm³/mol. The monoisotopic (exact) mass is 495 g/mol. The molecule has 2 saturated heterocycles. The molecule has 0 bridgehead atoms. The van der Waals surface area contributed by atoms with Crippen LogP contribution < -0.4 is 4.90 Å². The van der Waals surface area contributed by atoms with Gasteiger partial charge in [0.1, 0.15) is 5.60 Å². The number of anilines is 1. The summed E-state index contributed by atoms with van der Waals surface area (Å²) in [5.41, 5.74) is 3.86. The van der Waals surface area contributed by atoms with E-state index in [0.29, 0.717) is 13.1 Å². The molecule has 194 valence electrons. The molecule has 0 aromatic carbocycles. The molecule has 0 spiro atoms. The molecule has 0 atom stereocenters. The minimum Gasteiger partial charge on any atom is -0.444 e. The van der Waals surface area contributed by atoms with Crippen molar-refractivity contribution in [3.63, 3.8) is 0 Å². The van der Waals surface area contributed by atoms with Crippen LogP contribution in [0.3, 0.4) is 0 Å². The lowest BCUT2D eigenvalue weighted by atomic mass is 10.2. The van der Waals surface area contributed by atoms with E-state index in [-0.39, 0.29) is 6.09 Å². The van der Waals surface area contributed by atoms with Crippen LogP contribution in [-0.4, -0.2) is 99.7 Å². The van der Waals surface area contributed by atoms with Crippen LogP contribution in [0.25, 0.3) is 16.8 Å². The molecule has 2 aliphatic heterocycles. The highest BCUT2D eigenvalue weighted by Crippen LogP contribution is 2.27. The van der Waals surface area contributed by atoms with Crippen molar-refractivity contribution in [2.75, 3.05) is 63.9 Å². The van der Waals surface area contributed by atoms with Gasteiger partial charge in [-0.3, -0.25) is 4.90 Å². The fourth-order valence-corrected chi connectivity index (χ4v) is 4.85. The highest BCUT2D eigenvalue weighted by Gasteiger charge is 2.27. The first-order valence-corrected chi connectivity index (χ1v) is 12.9. The molecule has 0 radical (unpaired) electrons. The molecule has 2 fully saturated rings. The number of fused-ring (bicyclic) bond motifs is 1. The summed E-state index contributed by atoms with van der Waals surface area (Å²) in [4.78, 5) is 23.3. The number of nitrogens with zero attached hydrogens (tertiary/aromatic N) is 7. The Morgan fingerprint density at radius 3 is 2.56 bits per heavy atom. The van der Waals surface area contributed by atoms with Crippen molar-refractivity contribution in [1.82, 2.24) is 29.0 Å². The zero-order chi connectivity index (χ0) is 25.1. The maximum atomic E-state index is 12.4. The Morgan fingerprint density at radius 1 is 1.03 bits per heavy atom. The molecule has 0 N–H and O–H groups in total. The minimum absolute atomic E-state index is 0.242. The van der Waals surface area contributed by atoms with Gasteiger partial charge >= 0.3 is 6.09 Å². The Balaban J connectivity index is 1.22. The zero-order valence-corrected chi connectivity index (χ0v) is 21.6. The Labute approximate surface area is 212 Å². The van der Waals surface area contributed by atoms with Crippen molar-refractivity contribution in [3.8, 4) is 11.3 Å². The van der Waals surface area contributed by atoms with Crippen LogP contribution in [0.4, 0.5) is 10.5 Å². The molecule has 0 saturated carbocycles. The summed E-state index contributed by atoms with van der Waals surface area (Å²) in [5.74, 6) is 0. The Morgan fingerprint density at radius 2 is 1.81 bits per heavy atom. The third-order valence-electron chi connectivity index (χ3n) is 6.75. The second kappa shape index (κ2) is 10.5. The number of ether oxygens (including phenoxy) is 2.